The number of hydroxylamine groups is 1. The second-order valence-electron chi connectivity index (χ2n) is 3.73. The molecule has 0 radical (unpaired) electrons. The minimum atomic E-state index is -3.65. The van der Waals surface area contributed by atoms with Crippen molar-refractivity contribution in [2.75, 3.05) is 6.26 Å². The maximum Gasteiger partial charge on any atom is 0.329 e. The second-order valence-corrected chi connectivity index (χ2v) is 5.75. The van der Waals surface area contributed by atoms with E-state index in [0.717, 1.165) is 31.4 Å². The summed E-state index contributed by atoms with van der Waals surface area (Å²) >= 11 is 0. The highest BCUT2D eigenvalue weighted by Crippen LogP contribution is 2.23. The first-order chi connectivity index (χ1) is 9.12. The van der Waals surface area contributed by atoms with Crippen LogP contribution in [0.4, 0.5) is 5.69 Å². The van der Waals surface area contributed by atoms with Gasteiger partial charge in [0.2, 0.25) is 0 Å². The van der Waals surface area contributed by atoms with Gasteiger partial charge in [0.15, 0.2) is 9.84 Å². The lowest BCUT2D eigenvalue weighted by Gasteiger charge is -2.05. The number of sulfone groups is 1. The van der Waals surface area contributed by atoms with Gasteiger partial charge in [0.25, 0.3) is 11.6 Å². The maximum atomic E-state index is 11.6. The second kappa shape index (κ2) is 5.65. The predicted octanol–water partition coefficient (Wildman–Crippen LogP) is 0.206. The van der Waals surface area contributed by atoms with Crippen molar-refractivity contribution in [1.29, 1.82) is 0 Å². The Morgan fingerprint density at radius 1 is 1.35 bits per heavy atom. The van der Waals surface area contributed by atoms with Crippen LogP contribution in [0.15, 0.2) is 23.1 Å². The zero-order valence-electron chi connectivity index (χ0n) is 10.4. The molecule has 108 valence electrons. The smallest absolute Gasteiger partial charge is 0.329 e. The van der Waals surface area contributed by atoms with E-state index in [2.05, 4.69) is 4.84 Å². The Morgan fingerprint density at radius 2 is 1.95 bits per heavy atom. The largest absolute Gasteiger partial charge is 0.341 e. The lowest BCUT2D eigenvalue weighted by molar-refractivity contribution is -0.385. The number of nitro groups is 1. The Labute approximate surface area is 113 Å². The summed E-state index contributed by atoms with van der Waals surface area (Å²) in [5, 5.41) is 10.9. The van der Waals surface area contributed by atoms with Gasteiger partial charge in [-0.3, -0.25) is 19.7 Å². The molecule has 0 aliphatic heterocycles. The molecule has 0 aliphatic carbocycles. The van der Waals surface area contributed by atoms with E-state index in [-0.39, 0.29) is 4.90 Å². The fraction of sp³-hybridized carbons (Fsp3) is 0.200. The van der Waals surface area contributed by atoms with Crippen LogP contribution in [0.25, 0.3) is 0 Å². The molecule has 0 fully saturated rings. The third kappa shape index (κ3) is 3.75. The van der Waals surface area contributed by atoms with Gasteiger partial charge in [0.05, 0.1) is 9.82 Å². The molecule has 20 heavy (non-hydrogen) atoms. The quantitative estimate of drug-likeness (QED) is 0.623. The number of rotatable bonds is 3. The number of benzene rings is 1. The highest BCUT2D eigenvalue weighted by Gasteiger charge is 2.23. The molecule has 1 aromatic carbocycles. The first-order valence-corrected chi connectivity index (χ1v) is 6.98. The van der Waals surface area contributed by atoms with Crippen LogP contribution in [0.3, 0.4) is 0 Å². The Morgan fingerprint density at radius 3 is 2.40 bits per heavy atom. The molecule has 10 heteroatoms. The van der Waals surface area contributed by atoms with Crippen LogP contribution < -0.4 is 5.48 Å². The molecule has 1 aromatic rings. The number of nitrogens with zero attached hydrogens (tertiary/aromatic N) is 1. The molecule has 0 spiro atoms. The first-order valence-electron chi connectivity index (χ1n) is 5.09. The Kier molecular flexibility index (Phi) is 4.40. The van der Waals surface area contributed by atoms with Gasteiger partial charge in [-0.15, -0.1) is 0 Å². The van der Waals surface area contributed by atoms with Crippen LogP contribution in [-0.4, -0.2) is 31.5 Å². The van der Waals surface area contributed by atoms with Gasteiger partial charge in [-0.2, -0.15) is 5.48 Å². The lowest BCUT2D eigenvalue weighted by atomic mass is 10.2. The molecule has 0 atom stereocenters. The van der Waals surface area contributed by atoms with Gasteiger partial charge in [-0.1, -0.05) is 0 Å². The van der Waals surface area contributed by atoms with Crippen molar-refractivity contribution in [2.24, 2.45) is 0 Å². The maximum absolute atomic E-state index is 11.6. The molecule has 0 aromatic heterocycles. The van der Waals surface area contributed by atoms with E-state index in [9.17, 15) is 28.1 Å². The SMILES string of the molecule is CC(=O)ONC(=O)c1ccc(S(C)(=O)=O)cc1[N+](=O)[O-]. The van der Waals surface area contributed by atoms with E-state index in [1.54, 1.807) is 5.48 Å². The molecule has 0 unspecified atom stereocenters. The average molecular weight is 302 g/mol. The molecular formula is C10H10N2O7S. The molecular weight excluding hydrogens is 292 g/mol. The van der Waals surface area contributed by atoms with Gasteiger partial charge >= 0.3 is 5.97 Å². The van der Waals surface area contributed by atoms with Gasteiger partial charge in [-0.05, 0) is 12.1 Å². The van der Waals surface area contributed by atoms with Crippen LogP contribution in [0.1, 0.15) is 17.3 Å². The van der Waals surface area contributed by atoms with E-state index >= 15 is 0 Å². The number of nitrogens with one attached hydrogen (secondary N) is 1. The summed E-state index contributed by atoms with van der Waals surface area (Å²) in [7, 11) is -3.65. The van der Waals surface area contributed by atoms with E-state index < -0.39 is 37.9 Å². The van der Waals surface area contributed by atoms with Crippen molar-refractivity contribution >= 4 is 27.4 Å². The Bertz CT molecular complexity index is 681. The standard InChI is InChI=1S/C10H10N2O7S/c1-6(13)19-11-10(14)8-4-3-7(20(2,17)18)5-9(8)12(15)16/h3-5H,1-2H3,(H,11,14). The first kappa shape index (κ1) is 15.6. The molecule has 1 amide bonds. The fourth-order valence-electron chi connectivity index (χ4n) is 1.26. The zero-order chi connectivity index (χ0) is 15.5. The predicted molar refractivity (Wildman–Crippen MR) is 65.4 cm³/mol. The minimum Gasteiger partial charge on any atom is -0.341 e. The molecule has 1 rings (SSSR count). The fourth-order valence-corrected chi connectivity index (χ4v) is 1.90. The lowest BCUT2D eigenvalue weighted by Crippen LogP contribution is -2.26. The number of carbonyl (C=O) groups excluding carboxylic acids is 2. The van der Waals surface area contributed by atoms with E-state index in [4.69, 9.17) is 0 Å². The molecule has 0 heterocycles. The van der Waals surface area contributed by atoms with E-state index in [0.29, 0.717) is 0 Å². The summed E-state index contributed by atoms with van der Waals surface area (Å²) in [6, 6.07) is 2.77. The normalized spacial score (nSPS) is 10.7. The average Bonchev–Trinajstić information content (AvgIpc) is 2.33. The van der Waals surface area contributed by atoms with Crippen LogP contribution >= 0.6 is 0 Å². The van der Waals surface area contributed by atoms with Gasteiger partial charge < -0.3 is 4.84 Å². The monoisotopic (exact) mass is 302 g/mol. The summed E-state index contributed by atoms with van der Waals surface area (Å²) in [4.78, 5) is 36.0. The van der Waals surface area contributed by atoms with E-state index in [1.165, 1.54) is 0 Å². The zero-order valence-corrected chi connectivity index (χ0v) is 11.3. The minimum absolute atomic E-state index is 0.298. The molecule has 0 aliphatic rings. The van der Waals surface area contributed by atoms with Crippen molar-refractivity contribution in [3.05, 3.63) is 33.9 Å². The van der Waals surface area contributed by atoms with Crippen molar-refractivity contribution in [3.63, 3.8) is 0 Å². The summed E-state index contributed by atoms with van der Waals surface area (Å²) < 4.78 is 22.6. The summed E-state index contributed by atoms with van der Waals surface area (Å²) in [6.45, 7) is 1.03. The van der Waals surface area contributed by atoms with Crippen molar-refractivity contribution in [3.8, 4) is 0 Å². The Hall–Kier alpha value is -2.49. The molecule has 0 saturated heterocycles. The highest BCUT2D eigenvalue weighted by atomic mass is 32.2. The van der Waals surface area contributed by atoms with Gasteiger partial charge in [0, 0.05) is 19.2 Å². The van der Waals surface area contributed by atoms with Crippen LogP contribution in [-0.2, 0) is 19.5 Å². The summed E-state index contributed by atoms with van der Waals surface area (Å²) in [5.74, 6) is -1.85. The number of hydrogen-bond acceptors (Lipinski definition) is 7. The van der Waals surface area contributed by atoms with Gasteiger partial charge in [-0.25, -0.2) is 8.42 Å². The highest BCUT2D eigenvalue weighted by molar-refractivity contribution is 7.90. The van der Waals surface area contributed by atoms with Crippen LogP contribution in [0.5, 0.6) is 0 Å². The third-order valence-electron chi connectivity index (χ3n) is 2.13. The molecule has 1 N–H and O–H groups in total. The number of amides is 1. The number of carbonyl (C=O) groups is 2. The number of hydrogen-bond donors (Lipinski definition) is 1. The number of nitro benzene ring substituents is 1. The summed E-state index contributed by atoms with van der Waals surface area (Å²) in [6.07, 6.45) is 0.880. The van der Waals surface area contributed by atoms with Crippen molar-refractivity contribution < 1.29 is 27.8 Å². The van der Waals surface area contributed by atoms with Gasteiger partial charge in [0.1, 0.15) is 5.56 Å². The third-order valence-corrected chi connectivity index (χ3v) is 3.24. The molecule has 0 saturated carbocycles. The van der Waals surface area contributed by atoms with Crippen LogP contribution in [0.2, 0.25) is 0 Å². The van der Waals surface area contributed by atoms with Crippen LogP contribution in [0, 0.1) is 10.1 Å². The summed E-state index contributed by atoms with van der Waals surface area (Å²) in [5.41, 5.74) is 0.572. The van der Waals surface area contributed by atoms with Crippen molar-refractivity contribution in [2.45, 2.75) is 11.8 Å². The Balaban J connectivity index is 3.24. The van der Waals surface area contributed by atoms with Crippen molar-refractivity contribution in [1.82, 2.24) is 5.48 Å². The van der Waals surface area contributed by atoms with E-state index in [1.807, 2.05) is 0 Å². The molecule has 0 bridgehead atoms. The topological polar surface area (TPSA) is 133 Å². The molecule has 9 nitrogen and oxygen atoms in total.